The van der Waals surface area contributed by atoms with Crippen molar-refractivity contribution in [2.75, 3.05) is 20.3 Å². The molecule has 0 radical (unpaired) electrons. The predicted octanol–water partition coefficient (Wildman–Crippen LogP) is 2.57. The second kappa shape index (κ2) is 5.88. The zero-order chi connectivity index (χ0) is 10.4. The Morgan fingerprint density at radius 2 is 2.14 bits per heavy atom. The van der Waals surface area contributed by atoms with Crippen LogP contribution in [0.15, 0.2) is 22.7 Å². The summed E-state index contributed by atoms with van der Waals surface area (Å²) in [6, 6.07) is 5.31. The Morgan fingerprint density at radius 1 is 1.36 bits per heavy atom. The van der Waals surface area contributed by atoms with Crippen LogP contribution >= 0.6 is 15.9 Å². The largest absolute Gasteiger partial charge is 0.503 e. The first kappa shape index (κ1) is 11.3. The van der Waals surface area contributed by atoms with Crippen LogP contribution in [0.3, 0.4) is 0 Å². The third kappa shape index (κ3) is 3.20. The van der Waals surface area contributed by atoms with Gasteiger partial charge in [-0.05, 0) is 28.1 Å². The lowest BCUT2D eigenvalue weighted by Gasteiger charge is -2.08. The molecule has 0 saturated heterocycles. The molecule has 0 bridgehead atoms. The van der Waals surface area contributed by atoms with Crippen LogP contribution in [0.25, 0.3) is 0 Å². The molecule has 0 unspecified atom stereocenters. The van der Waals surface area contributed by atoms with E-state index in [2.05, 4.69) is 15.9 Å². The Hall–Kier alpha value is -0.740. The molecule has 0 atom stereocenters. The van der Waals surface area contributed by atoms with Gasteiger partial charge in [0.15, 0.2) is 11.5 Å². The number of para-hydroxylation sites is 1. The summed E-state index contributed by atoms with van der Waals surface area (Å²) in [7, 11) is 1.65. The van der Waals surface area contributed by atoms with Crippen molar-refractivity contribution in [1.82, 2.24) is 0 Å². The summed E-state index contributed by atoms with van der Waals surface area (Å²) in [6.07, 6.45) is 0.808. The van der Waals surface area contributed by atoms with Crippen LogP contribution in [0.4, 0.5) is 0 Å². The van der Waals surface area contributed by atoms with E-state index in [9.17, 15) is 5.11 Å². The molecular weight excluding hydrogens is 248 g/mol. The summed E-state index contributed by atoms with van der Waals surface area (Å²) in [4.78, 5) is 0. The summed E-state index contributed by atoms with van der Waals surface area (Å²) >= 11 is 3.21. The monoisotopic (exact) mass is 260 g/mol. The first-order chi connectivity index (χ1) is 6.75. The molecule has 0 aromatic heterocycles. The number of benzene rings is 1. The molecule has 0 fully saturated rings. The van der Waals surface area contributed by atoms with Crippen molar-refractivity contribution in [2.24, 2.45) is 0 Å². The molecule has 0 saturated carbocycles. The van der Waals surface area contributed by atoms with Gasteiger partial charge in [0.2, 0.25) is 0 Å². The minimum Gasteiger partial charge on any atom is -0.503 e. The summed E-state index contributed by atoms with van der Waals surface area (Å²) in [5.41, 5.74) is 0. The Kier molecular flexibility index (Phi) is 4.76. The molecule has 0 amide bonds. The molecule has 1 aromatic rings. The highest BCUT2D eigenvalue weighted by atomic mass is 79.9. The number of ether oxygens (including phenoxy) is 2. The maximum atomic E-state index is 9.55. The molecule has 0 aliphatic carbocycles. The highest BCUT2D eigenvalue weighted by Gasteiger charge is 2.04. The van der Waals surface area contributed by atoms with Crippen molar-refractivity contribution in [3.05, 3.63) is 22.7 Å². The molecular formula is C10H13BrO3. The maximum absolute atomic E-state index is 9.55. The maximum Gasteiger partial charge on any atom is 0.172 e. The molecule has 0 spiro atoms. The van der Waals surface area contributed by atoms with E-state index >= 15 is 0 Å². The normalized spacial score (nSPS) is 10.1. The average Bonchev–Trinajstić information content (AvgIpc) is 2.19. The van der Waals surface area contributed by atoms with E-state index in [1.165, 1.54) is 0 Å². The van der Waals surface area contributed by atoms with Crippen LogP contribution in [0.5, 0.6) is 11.5 Å². The molecule has 0 aliphatic heterocycles. The van der Waals surface area contributed by atoms with Gasteiger partial charge < -0.3 is 14.6 Å². The predicted molar refractivity (Wildman–Crippen MR) is 57.8 cm³/mol. The van der Waals surface area contributed by atoms with Crippen molar-refractivity contribution < 1.29 is 14.6 Å². The molecule has 1 aromatic carbocycles. The number of phenols is 1. The fraction of sp³-hybridized carbons (Fsp3) is 0.400. The fourth-order valence-corrected chi connectivity index (χ4v) is 1.35. The number of halogens is 1. The number of methoxy groups -OCH3 is 1. The van der Waals surface area contributed by atoms with Crippen molar-refractivity contribution in [3.63, 3.8) is 0 Å². The molecule has 3 nitrogen and oxygen atoms in total. The topological polar surface area (TPSA) is 38.7 Å². The minimum atomic E-state index is 0.143. The van der Waals surface area contributed by atoms with E-state index < -0.39 is 0 Å². The summed E-state index contributed by atoms with van der Waals surface area (Å²) in [5, 5.41) is 9.55. The van der Waals surface area contributed by atoms with Gasteiger partial charge in [0.1, 0.15) is 0 Å². The molecule has 78 valence electrons. The third-order valence-corrected chi connectivity index (χ3v) is 2.34. The van der Waals surface area contributed by atoms with Crippen molar-refractivity contribution in [2.45, 2.75) is 6.42 Å². The fourth-order valence-electron chi connectivity index (χ4n) is 0.997. The summed E-state index contributed by atoms with van der Waals surface area (Å²) in [5.74, 6) is 0.639. The highest BCUT2D eigenvalue weighted by molar-refractivity contribution is 9.10. The van der Waals surface area contributed by atoms with E-state index in [4.69, 9.17) is 9.47 Å². The van der Waals surface area contributed by atoms with Crippen molar-refractivity contribution in [1.29, 1.82) is 0 Å². The Balaban J connectivity index is 2.46. The third-order valence-electron chi connectivity index (χ3n) is 1.70. The standard InChI is InChI=1S/C10H13BrO3/c1-13-6-3-7-14-9-5-2-4-8(11)10(9)12/h2,4-5,12H,3,6-7H2,1H3. The summed E-state index contributed by atoms with van der Waals surface area (Å²) < 4.78 is 10.9. The molecule has 14 heavy (non-hydrogen) atoms. The lowest BCUT2D eigenvalue weighted by Crippen LogP contribution is -2.01. The van der Waals surface area contributed by atoms with Gasteiger partial charge in [-0.15, -0.1) is 0 Å². The summed E-state index contributed by atoms with van der Waals surface area (Å²) in [6.45, 7) is 1.20. The van der Waals surface area contributed by atoms with Crippen molar-refractivity contribution in [3.8, 4) is 11.5 Å². The SMILES string of the molecule is COCCCOc1cccc(Br)c1O. The first-order valence-electron chi connectivity index (χ1n) is 4.35. The van der Waals surface area contributed by atoms with Crippen LogP contribution < -0.4 is 4.74 Å². The van der Waals surface area contributed by atoms with Gasteiger partial charge in [-0.1, -0.05) is 6.07 Å². The van der Waals surface area contributed by atoms with Gasteiger partial charge in [-0.3, -0.25) is 0 Å². The zero-order valence-electron chi connectivity index (χ0n) is 8.00. The zero-order valence-corrected chi connectivity index (χ0v) is 9.58. The van der Waals surface area contributed by atoms with Gasteiger partial charge in [0, 0.05) is 20.1 Å². The van der Waals surface area contributed by atoms with E-state index in [0.29, 0.717) is 23.4 Å². The van der Waals surface area contributed by atoms with Crippen LogP contribution in [0.2, 0.25) is 0 Å². The average molecular weight is 261 g/mol. The first-order valence-corrected chi connectivity index (χ1v) is 5.14. The number of aromatic hydroxyl groups is 1. The lowest BCUT2D eigenvalue weighted by atomic mass is 10.3. The van der Waals surface area contributed by atoms with Crippen molar-refractivity contribution >= 4 is 15.9 Å². The Bertz CT molecular complexity index is 289. The van der Waals surface area contributed by atoms with Gasteiger partial charge in [-0.25, -0.2) is 0 Å². The second-order valence-corrected chi connectivity index (χ2v) is 3.64. The van der Waals surface area contributed by atoms with E-state index in [1.807, 2.05) is 6.07 Å². The van der Waals surface area contributed by atoms with Gasteiger partial charge in [0.05, 0.1) is 11.1 Å². The van der Waals surface area contributed by atoms with Crippen LogP contribution in [-0.2, 0) is 4.74 Å². The van der Waals surface area contributed by atoms with Gasteiger partial charge in [0.25, 0.3) is 0 Å². The number of phenolic OH excluding ortho intramolecular Hbond substituents is 1. The molecule has 4 heteroatoms. The lowest BCUT2D eigenvalue weighted by molar-refractivity contribution is 0.170. The van der Waals surface area contributed by atoms with Gasteiger partial charge in [-0.2, -0.15) is 0 Å². The quantitative estimate of drug-likeness (QED) is 0.828. The van der Waals surface area contributed by atoms with E-state index in [1.54, 1.807) is 19.2 Å². The Morgan fingerprint density at radius 3 is 2.86 bits per heavy atom. The highest BCUT2D eigenvalue weighted by Crippen LogP contribution is 2.33. The van der Waals surface area contributed by atoms with Gasteiger partial charge >= 0.3 is 0 Å². The van der Waals surface area contributed by atoms with Crippen LogP contribution in [0, 0.1) is 0 Å². The molecule has 1 N–H and O–H groups in total. The minimum absolute atomic E-state index is 0.143. The molecule has 0 aliphatic rings. The second-order valence-electron chi connectivity index (χ2n) is 2.78. The van der Waals surface area contributed by atoms with E-state index in [-0.39, 0.29) is 5.75 Å². The number of hydrogen-bond donors (Lipinski definition) is 1. The number of hydrogen-bond acceptors (Lipinski definition) is 3. The molecule has 1 rings (SSSR count). The van der Waals surface area contributed by atoms with Crippen LogP contribution in [-0.4, -0.2) is 25.4 Å². The smallest absolute Gasteiger partial charge is 0.172 e. The van der Waals surface area contributed by atoms with E-state index in [0.717, 1.165) is 6.42 Å². The number of rotatable bonds is 5. The van der Waals surface area contributed by atoms with Crippen LogP contribution in [0.1, 0.15) is 6.42 Å². The molecule has 0 heterocycles. The Labute approximate surface area is 91.8 Å².